The SMILES string of the molecule is C=C(C)C(=O)OCC1(C2(COC(=O)C(=C)C)CCCCCCC2)CCCCCCC1. The second kappa shape index (κ2) is 11.7. The molecule has 30 heavy (non-hydrogen) atoms. The first-order valence-corrected chi connectivity index (χ1v) is 12.0. The maximum absolute atomic E-state index is 12.3. The summed E-state index contributed by atoms with van der Waals surface area (Å²) in [6.07, 6.45) is 16.1. The average Bonchev–Trinajstić information content (AvgIpc) is 2.66. The van der Waals surface area contributed by atoms with Crippen molar-refractivity contribution in [2.24, 2.45) is 10.8 Å². The predicted octanol–water partition coefficient (Wildman–Crippen LogP) is 6.69. The van der Waals surface area contributed by atoms with E-state index in [1.54, 1.807) is 13.8 Å². The Morgan fingerprint density at radius 2 is 0.867 bits per heavy atom. The van der Waals surface area contributed by atoms with Crippen molar-refractivity contribution in [1.82, 2.24) is 0 Å². The van der Waals surface area contributed by atoms with Crippen molar-refractivity contribution < 1.29 is 19.1 Å². The molecule has 0 heterocycles. The van der Waals surface area contributed by atoms with Crippen LogP contribution in [0, 0.1) is 10.8 Å². The molecule has 0 unspecified atom stereocenters. The molecule has 0 spiro atoms. The van der Waals surface area contributed by atoms with Gasteiger partial charge in [0, 0.05) is 22.0 Å². The van der Waals surface area contributed by atoms with Crippen molar-refractivity contribution in [2.75, 3.05) is 13.2 Å². The van der Waals surface area contributed by atoms with Gasteiger partial charge in [0.1, 0.15) is 0 Å². The molecule has 0 aliphatic heterocycles. The van der Waals surface area contributed by atoms with E-state index in [9.17, 15) is 9.59 Å². The van der Waals surface area contributed by atoms with Gasteiger partial charge in [-0.2, -0.15) is 0 Å². The maximum atomic E-state index is 12.3. The predicted molar refractivity (Wildman–Crippen MR) is 121 cm³/mol. The Morgan fingerprint density at radius 1 is 0.600 bits per heavy atom. The summed E-state index contributed by atoms with van der Waals surface area (Å²) in [5.74, 6) is -0.618. The number of rotatable bonds is 7. The maximum Gasteiger partial charge on any atom is 0.333 e. The largest absolute Gasteiger partial charge is 0.462 e. The van der Waals surface area contributed by atoms with Crippen molar-refractivity contribution in [3.8, 4) is 0 Å². The Morgan fingerprint density at radius 3 is 1.13 bits per heavy atom. The van der Waals surface area contributed by atoms with Gasteiger partial charge in [0.15, 0.2) is 0 Å². The van der Waals surface area contributed by atoms with Gasteiger partial charge in [-0.1, -0.05) is 77.4 Å². The van der Waals surface area contributed by atoms with E-state index in [1.807, 2.05) is 0 Å². The van der Waals surface area contributed by atoms with Gasteiger partial charge >= 0.3 is 11.9 Å². The zero-order valence-corrected chi connectivity index (χ0v) is 19.4. The van der Waals surface area contributed by atoms with Crippen LogP contribution in [0.15, 0.2) is 24.3 Å². The summed E-state index contributed by atoms with van der Waals surface area (Å²) in [5.41, 5.74) is 0.587. The van der Waals surface area contributed by atoms with Crippen LogP contribution < -0.4 is 0 Å². The van der Waals surface area contributed by atoms with Gasteiger partial charge in [-0.25, -0.2) is 9.59 Å². The number of carbonyl (C=O) groups excluding carboxylic acids is 2. The second-order valence-corrected chi connectivity index (χ2v) is 9.81. The minimum Gasteiger partial charge on any atom is -0.462 e. The fourth-order valence-corrected chi connectivity index (χ4v) is 5.47. The van der Waals surface area contributed by atoms with Gasteiger partial charge in [0.25, 0.3) is 0 Å². The Balaban J connectivity index is 2.39. The first-order chi connectivity index (χ1) is 14.3. The highest BCUT2D eigenvalue weighted by atomic mass is 16.5. The van der Waals surface area contributed by atoms with E-state index in [4.69, 9.17) is 9.47 Å². The lowest BCUT2D eigenvalue weighted by Crippen LogP contribution is -2.50. The minimum atomic E-state index is -0.309. The number of carbonyl (C=O) groups is 2. The van der Waals surface area contributed by atoms with E-state index in [-0.39, 0.29) is 22.8 Å². The van der Waals surface area contributed by atoms with Crippen LogP contribution in [0.4, 0.5) is 0 Å². The normalized spacial score (nSPS) is 21.8. The molecule has 2 aliphatic carbocycles. The Bertz CT molecular complexity index is 549. The Labute approximate surface area is 183 Å². The number of ether oxygens (including phenoxy) is 2. The first-order valence-electron chi connectivity index (χ1n) is 12.0. The summed E-state index contributed by atoms with van der Waals surface area (Å²) in [4.78, 5) is 24.7. The second-order valence-electron chi connectivity index (χ2n) is 9.81. The quantitative estimate of drug-likeness (QED) is 0.341. The highest BCUT2D eigenvalue weighted by Gasteiger charge is 2.51. The lowest BCUT2D eigenvalue weighted by Gasteiger charge is -2.52. The molecule has 2 rings (SSSR count). The van der Waals surface area contributed by atoms with Gasteiger partial charge < -0.3 is 9.47 Å². The molecule has 0 atom stereocenters. The van der Waals surface area contributed by atoms with Gasteiger partial charge in [-0.15, -0.1) is 0 Å². The van der Waals surface area contributed by atoms with E-state index in [1.165, 1.54) is 38.5 Å². The molecule has 2 fully saturated rings. The van der Waals surface area contributed by atoms with Crippen molar-refractivity contribution in [1.29, 1.82) is 0 Å². The van der Waals surface area contributed by atoms with Crippen molar-refractivity contribution in [2.45, 2.75) is 104 Å². The molecule has 2 aliphatic rings. The van der Waals surface area contributed by atoms with Crippen LogP contribution in [0.25, 0.3) is 0 Å². The third kappa shape index (κ3) is 6.46. The van der Waals surface area contributed by atoms with Crippen LogP contribution in [-0.2, 0) is 19.1 Å². The van der Waals surface area contributed by atoms with Crippen LogP contribution in [-0.4, -0.2) is 25.2 Å². The summed E-state index contributed by atoms with van der Waals surface area (Å²) in [6, 6.07) is 0. The lowest BCUT2D eigenvalue weighted by atomic mass is 9.54. The minimum absolute atomic E-state index is 0.148. The third-order valence-corrected chi connectivity index (χ3v) is 7.40. The van der Waals surface area contributed by atoms with Gasteiger partial charge in [0.2, 0.25) is 0 Å². The molecule has 0 aromatic heterocycles. The van der Waals surface area contributed by atoms with E-state index in [2.05, 4.69) is 13.2 Å². The van der Waals surface area contributed by atoms with Crippen molar-refractivity contribution in [3.63, 3.8) is 0 Å². The van der Waals surface area contributed by atoms with Gasteiger partial charge in [-0.05, 0) is 39.5 Å². The summed E-state index contributed by atoms with van der Waals surface area (Å²) >= 11 is 0. The van der Waals surface area contributed by atoms with Crippen molar-refractivity contribution in [3.05, 3.63) is 24.3 Å². The number of esters is 2. The molecule has 0 radical (unpaired) electrons. The smallest absolute Gasteiger partial charge is 0.333 e. The summed E-state index contributed by atoms with van der Waals surface area (Å²) in [7, 11) is 0. The van der Waals surface area contributed by atoms with Gasteiger partial charge in [0.05, 0.1) is 13.2 Å². The highest BCUT2D eigenvalue weighted by Crippen LogP contribution is 2.55. The summed E-state index contributed by atoms with van der Waals surface area (Å²) in [6.45, 7) is 11.7. The summed E-state index contributed by atoms with van der Waals surface area (Å²) in [5, 5.41) is 0. The third-order valence-electron chi connectivity index (χ3n) is 7.40. The zero-order chi connectivity index (χ0) is 22.0. The average molecular weight is 419 g/mol. The lowest BCUT2D eigenvalue weighted by molar-refractivity contribution is -0.163. The highest BCUT2D eigenvalue weighted by molar-refractivity contribution is 5.87. The Hall–Kier alpha value is -1.58. The molecule has 0 bridgehead atoms. The van der Waals surface area contributed by atoms with Gasteiger partial charge in [-0.3, -0.25) is 0 Å². The number of hydrogen-bond donors (Lipinski definition) is 0. The molecule has 4 nitrogen and oxygen atoms in total. The zero-order valence-electron chi connectivity index (χ0n) is 19.4. The van der Waals surface area contributed by atoms with E-state index in [0.717, 1.165) is 51.4 Å². The van der Waals surface area contributed by atoms with Crippen LogP contribution in [0.1, 0.15) is 104 Å². The first kappa shape index (κ1) is 24.7. The molecule has 170 valence electrons. The standard InChI is InChI=1S/C26H42O4/c1-21(2)23(27)29-19-25(15-11-7-5-8-12-16-25)26(20-30-24(28)22(3)4)17-13-9-6-10-14-18-26/h1,3,5-20H2,2,4H3. The molecule has 2 saturated carbocycles. The molecule has 0 saturated heterocycles. The van der Waals surface area contributed by atoms with E-state index < -0.39 is 0 Å². The molecular weight excluding hydrogens is 376 g/mol. The molecule has 0 amide bonds. The molecule has 4 heteroatoms. The van der Waals surface area contributed by atoms with Crippen LogP contribution in [0.5, 0.6) is 0 Å². The Kier molecular flexibility index (Phi) is 9.64. The van der Waals surface area contributed by atoms with E-state index in [0.29, 0.717) is 24.4 Å². The van der Waals surface area contributed by atoms with Crippen molar-refractivity contribution >= 4 is 11.9 Å². The van der Waals surface area contributed by atoms with Crippen LogP contribution in [0.3, 0.4) is 0 Å². The fraction of sp³-hybridized carbons (Fsp3) is 0.769. The fourth-order valence-electron chi connectivity index (χ4n) is 5.47. The molecule has 0 aromatic carbocycles. The topological polar surface area (TPSA) is 52.6 Å². The molecular formula is C26H42O4. The van der Waals surface area contributed by atoms with Crippen LogP contribution in [0.2, 0.25) is 0 Å². The summed E-state index contributed by atoms with van der Waals surface area (Å²) < 4.78 is 11.7. The molecule has 0 N–H and O–H groups in total. The number of hydrogen-bond acceptors (Lipinski definition) is 4. The van der Waals surface area contributed by atoms with E-state index >= 15 is 0 Å². The monoisotopic (exact) mass is 418 g/mol. The molecule has 0 aromatic rings. The van der Waals surface area contributed by atoms with Crippen LogP contribution >= 0.6 is 0 Å².